The SMILES string of the molecule is COc1ccc(Cl)cc1NC(=O)C1=CC=C(N)CC1. The Balaban J connectivity index is 2.17. The highest BCUT2D eigenvalue weighted by Crippen LogP contribution is 2.28. The molecule has 0 atom stereocenters. The predicted octanol–water partition coefficient (Wildman–Crippen LogP) is 2.85. The topological polar surface area (TPSA) is 64.3 Å². The van der Waals surface area contributed by atoms with E-state index in [4.69, 9.17) is 22.1 Å². The molecule has 0 saturated carbocycles. The van der Waals surface area contributed by atoms with Crippen LogP contribution in [0.2, 0.25) is 5.02 Å². The summed E-state index contributed by atoms with van der Waals surface area (Å²) in [6.07, 6.45) is 4.84. The normalized spacial score (nSPS) is 14.4. The molecule has 2 rings (SSSR count). The molecular weight excluding hydrogens is 264 g/mol. The molecular formula is C14H15ClN2O2. The van der Waals surface area contributed by atoms with Crippen molar-refractivity contribution < 1.29 is 9.53 Å². The summed E-state index contributed by atoms with van der Waals surface area (Å²) in [6.45, 7) is 0. The van der Waals surface area contributed by atoms with E-state index in [1.54, 1.807) is 37.5 Å². The van der Waals surface area contributed by atoms with E-state index in [-0.39, 0.29) is 5.91 Å². The number of nitrogens with one attached hydrogen (secondary N) is 1. The lowest BCUT2D eigenvalue weighted by Gasteiger charge is -2.14. The molecule has 1 amide bonds. The van der Waals surface area contributed by atoms with Crippen molar-refractivity contribution in [1.29, 1.82) is 0 Å². The van der Waals surface area contributed by atoms with Crippen LogP contribution < -0.4 is 15.8 Å². The molecule has 1 aliphatic rings. The van der Waals surface area contributed by atoms with Crippen LogP contribution in [0.5, 0.6) is 5.75 Å². The van der Waals surface area contributed by atoms with E-state index in [1.165, 1.54) is 0 Å². The molecule has 0 fully saturated rings. The number of rotatable bonds is 3. The van der Waals surface area contributed by atoms with Gasteiger partial charge in [-0.1, -0.05) is 17.7 Å². The van der Waals surface area contributed by atoms with E-state index >= 15 is 0 Å². The third-order valence-electron chi connectivity index (χ3n) is 2.88. The minimum absolute atomic E-state index is 0.163. The van der Waals surface area contributed by atoms with E-state index in [2.05, 4.69) is 5.32 Å². The van der Waals surface area contributed by atoms with Gasteiger partial charge in [-0.25, -0.2) is 0 Å². The van der Waals surface area contributed by atoms with Crippen molar-refractivity contribution >= 4 is 23.2 Å². The number of carbonyl (C=O) groups is 1. The fraction of sp³-hybridized carbons (Fsp3) is 0.214. The highest BCUT2D eigenvalue weighted by molar-refractivity contribution is 6.31. The number of nitrogens with two attached hydrogens (primary N) is 1. The van der Waals surface area contributed by atoms with Crippen molar-refractivity contribution in [2.75, 3.05) is 12.4 Å². The minimum Gasteiger partial charge on any atom is -0.495 e. The Kier molecular flexibility index (Phi) is 4.12. The summed E-state index contributed by atoms with van der Waals surface area (Å²) in [4.78, 5) is 12.1. The van der Waals surface area contributed by atoms with Gasteiger partial charge in [-0.15, -0.1) is 0 Å². The van der Waals surface area contributed by atoms with Gasteiger partial charge in [-0.2, -0.15) is 0 Å². The second-order valence-corrected chi connectivity index (χ2v) is 4.67. The van der Waals surface area contributed by atoms with E-state index in [0.717, 1.165) is 5.70 Å². The molecule has 1 aliphatic carbocycles. The van der Waals surface area contributed by atoms with Crippen molar-refractivity contribution in [3.63, 3.8) is 0 Å². The Bertz CT molecular complexity index is 565. The number of hydrogen-bond donors (Lipinski definition) is 2. The molecule has 0 bridgehead atoms. The predicted molar refractivity (Wildman–Crippen MR) is 76.2 cm³/mol. The number of halogens is 1. The van der Waals surface area contributed by atoms with Crippen LogP contribution in [0.15, 0.2) is 41.6 Å². The first kappa shape index (κ1) is 13.5. The van der Waals surface area contributed by atoms with Crippen LogP contribution in [0.25, 0.3) is 0 Å². The zero-order valence-electron chi connectivity index (χ0n) is 10.6. The highest BCUT2D eigenvalue weighted by atomic mass is 35.5. The summed E-state index contributed by atoms with van der Waals surface area (Å²) in [6, 6.07) is 5.08. The smallest absolute Gasteiger partial charge is 0.251 e. The second-order valence-electron chi connectivity index (χ2n) is 4.23. The van der Waals surface area contributed by atoms with Gasteiger partial charge in [0.15, 0.2) is 0 Å². The lowest BCUT2D eigenvalue weighted by Crippen LogP contribution is -2.17. The van der Waals surface area contributed by atoms with Gasteiger partial charge in [0.25, 0.3) is 5.91 Å². The third-order valence-corrected chi connectivity index (χ3v) is 3.12. The van der Waals surface area contributed by atoms with Gasteiger partial charge >= 0.3 is 0 Å². The first-order valence-corrected chi connectivity index (χ1v) is 6.28. The van der Waals surface area contributed by atoms with E-state index < -0.39 is 0 Å². The largest absolute Gasteiger partial charge is 0.495 e. The molecule has 0 radical (unpaired) electrons. The van der Waals surface area contributed by atoms with Gasteiger partial charge in [0, 0.05) is 16.3 Å². The summed E-state index contributed by atoms with van der Waals surface area (Å²) in [5.41, 5.74) is 7.70. The first-order valence-electron chi connectivity index (χ1n) is 5.90. The van der Waals surface area contributed by atoms with Crippen LogP contribution >= 0.6 is 11.6 Å². The van der Waals surface area contributed by atoms with Crippen molar-refractivity contribution in [2.24, 2.45) is 5.73 Å². The second kappa shape index (κ2) is 5.80. The van der Waals surface area contributed by atoms with Gasteiger partial charge in [0.1, 0.15) is 5.75 Å². The molecule has 0 aromatic heterocycles. The third kappa shape index (κ3) is 3.29. The Morgan fingerprint density at radius 3 is 2.79 bits per heavy atom. The summed E-state index contributed by atoms with van der Waals surface area (Å²) >= 11 is 5.91. The number of anilines is 1. The number of ether oxygens (including phenoxy) is 1. The number of carbonyl (C=O) groups excluding carboxylic acids is 1. The monoisotopic (exact) mass is 278 g/mol. The Labute approximate surface area is 116 Å². The molecule has 4 nitrogen and oxygen atoms in total. The molecule has 0 unspecified atom stereocenters. The molecule has 0 aliphatic heterocycles. The fourth-order valence-electron chi connectivity index (χ4n) is 1.82. The van der Waals surface area contributed by atoms with E-state index in [0.29, 0.717) is 34.9 Å². The molecule has 1 aromatic carbocycles. The maximum absolute atomic E-state index is 12.1. The zero-order chi connectivity index (χ0) is 13.8. The highest BCUT2D eigenvalue weighted by Gasteiger charge is 2.14. The van der Waals surface area contributed by atoms with Crippen molar-refractivity contribution in [2.45, 2.75) is 12.8 Å². The molecule has 0 heterocycles. The van der Waals surface area contributed by atoms with Crippen molar-refractivity contribution in [3.8, 4) is 5.75 Å². The van der Waals surface area contributed by atoms with Gasteiger partial charge in [0.05, 0.1) is 12.8 Å². The summed E-state index contributed by atoms with van der Waals surface area (Å²) in [7, 11) is 1.54. The van der Waals surface area contributed by atoms with Gasteiger partial charge < -0.3 is 15.8 Å². The summed E-state index contributed by atoms with van der Waals surface area (Å²) in [5.74, 6) is 0.411. The van der Waals surface area contributed by atoms with Gasteiger partial charge in [-0.05, 0) is 37.1 Å². The Hall–Kier alpha value is -1.94. The molecule has 1 aromatic rings. The standard InChI is InChI=1S/C14H15ClN2O2/c1-19-13-7-4-10(15)8-12(13)17-14(18)9-2-5-11(16)6-3-9/h2,4-5,7-8H,3,6,16H2,1H3,(H,17,18). The van der Waals surface area contributed by atoms with Crippen LogP contribution in [0.3, 0.4) is 0 Å². The van der Waals surface area contributed by atoms with Crippen molar-refractivity contribution in [3.05, 3.63) is 46.6 Å². The van der Waals surface area contributed by atoms with Crippen LogP contribution in [0, 0.1) is 0 Å². The average Bonchev–Trinajstić information content (AvgIpc) is 2.39. The van der Waals surface area contributed by atoms with Gasteiger partial charge in [-0.3, -0.25) is 4.79 Å². The lowest BCUT2D eigenvalue weighted by atomic mass is 10.0. The molecule has 19 heavy (non-hydrogen) atoms. The molecule has 3 N–H and O–H groups in total. The quantitative estimate of drug-likeness (QED) is 0.893. The lowest BCUT2D eigenvalue weighted by molar-refractivity contribution is -0.113. The maximum atomic E-state index is 12.1. The molecule has 0 saturated heterocycles. The number of hydrogen-bond acceptors (Lipinski definition) is 3. The van der Waals surface area contributed by atoms with E-state index in [1.807, 2.05) is 0 Å². The maximum Gasteiger partial charge on any atom is 0.251 e. The number of allylic oxidation sites excluding steroid dienone is 3. The summed E-state index contributed by atoms with van der Waals surface area (Å²) < 4.78 is 5.18. The molecule has 0 spiro atoms. The summed E-state index contributed by atoms with van der Waals surface area (Å²) in [5, 5.41) is 3.34. The van der Waals surface area contributed by atoms with Gasteiger partial charge in [0.2, 0.25) is 0 Å². The van der Waals surface area contributed by atoms with Crippen molar-refractivity contribution in [1.82, 2.24) is 0 Å². The Morgan fingerprint density at radius 1 is 1.37 bits per heavy atom. The molecule has 5 heteroatoms. The Morgan fingerprint density at radius 2 is 2.16 bits per heavy atom. The van der Waals surface area contributed by atoms with Crippen LogP contribution in [0.1, 0.15) is 12.8 Å². The number of methoxy groups -OCH3 is 1. The number of amides is 1. The fourth-order valence-corrected chi connectivity index (χ4v) is 2.00. The van der Waals surface area contributed by atoms with Crippen LogP contribution in [0.4, 0.5) is 5.69 Å². The minimum atomic E-state index is -0.163. The van der Waals surface area contributed by atoms with Crippen LogP contribution in [-0.2, 0) is 4.79 Å². The molecule has 100 valence electrons. The van der Waals surface area contributed by atoms with Crippen LogP contribution in [-0.4, -0.2) is 13.0 Å². The number of benzene rings is 1. The zero-order valence-corrected chi connectivity index (χ0v) is 11.3. The average molecular weight is 279 g/mol. The first-order chi connectivity index (χ1) is 9.10. The van der Waals surface area contributed by atoms with E-state index in [9.17, 15) is 4.79 Å².